The Balaban J connectivity index is 2.07. The van der Waals surface area contributed by atoms with Crippen LogP contribution in [-0.4, -0.2) is 27.8 Å². The molecule has 86 valence electrons. The number of carbonyl (C=O) groups excluding carboxylic acids is 1. The topological polar surface area (TPSA) is 67.9 Å². The van der Waals surface area contributed by atoms with Crippen molar-refractivity contribution < 1.29 is 9.53 Å². The highest BCUT2D eigenvalue weighted by atomic mass is 16.5. The SMILES string of the molecule is CCOC(=O)CC#Cc1cnc2[nH]ncc2c1. The number of hydrogen-bond donors (Lipinski definition) is 1. The van der Waals surface area contributed by atoms with Gasteiger partial charge < -0.3 is 4.74 Å². The minimum atomic E-state index is -0.308. The Morgan fingerprint density at radius 3 is 3.24 bits per heavy atom. The number of aromatic nitrogens is 3. The van der Waals surface area contributed by atoms with Gasteiger partial charge in [0.2, 0.25) is 0 Å². The Morgan fingerprint density at radius 2 is 2.41 bits per heavy atom. The van der Waals surface area contributed by atoms with Crippen LogP contribution in [0.2, 0.25) is 0 Å². The van der Waals surface area contributed by atoms with Crippen LogP contribution in [0.15, 0.2) is 18.5 Å². The van der Waals surface area contributed by atoms with Gasteiger partial charge in [0.05, 0.1) is 12.8 Å². The van der Waals surface area contributed by atoms with E-state index in [-0.39, 0.29) is 12.4 Å². The van der Waals surface area contributed by atoms with Gasteiger partial charge in [-0.05, 0) is 13.0 Å². The quantitative estimate of drug-likeness (QED) is 0.622. The molecular weight excluding hydrogens is 218 g/mol. The van der Waals surface area contributed by atoms with Gasteiger partial charge in [0, 0.05) is 17.1 Å². The van der Waals surface area contributed by atoms with Crippen molar-refractivity contribution in [2.45, 2.75) is 13.3 Å². The number of esters is 1. The summed E-state index contributed by atoms with van der Waals surface area (Å²) in [5, 5.41) is 7.52. The summed E-state index contributed by atoms with van der Waals surface area (Å²) in [6.45, 7) is 2.14. The molecule has 0 bridgehead atoms. The van der Waals surface area contributed by atoms with Gasteiger partial charge in [-0.1, -0.05) is 11.8 Å². The molecule has 0 spiro atoms. The first-order valence-electron chi connectivity index (χ1n) is 5.23. The van der Waals surface area contributed by atoms with Crippen molar-refractivity contribution in [1.82, 2.24) is 15.2 Å². The van der Waals surface area contributed by atoms with Crippen LogP contribution in [0.25, 0.3) is 11.0 Å². The predicted octanol–water partition coefficient (Wildman–Crippen LogP) is 1.26. The molecule has 0 aliphatic rings. The van der Waals surface area contributed by atoms with Crippen molar-refractivity contribution in [3.05, 3.63) is 24.0 Å². The number of H-pyrrole nitrogens is 1. The molecule has 2 heterocycles. The molecule has 0 fully saturated rings. The fourth-order valence-electron chi connectivity index (χ4n) is 1.34. The van der Waals surface area contributed by atoms with E-state index >= 15 is 0 Å². The van der Waals surface area contributed by atoms with E-state index in [0.717, 1.165) is 16.6 Å². The zero-order chi connectivity index (χ0) is 12.1. The number of rotatable bonds is 2. The van der Waals surface area contributed by atoms with E-state index in [4.69, 9.17) is 4.74 Å². The third-order valence-corrected chi connectivity index (χ3v) is 2.06. The lowest BCUT2D eigenvalue weighted by Crippen LogP contribution is -2.01. The van der Waals surface area contributed by atoms with Crippen molar-refractivity contribution in [3.63, 3.8) is 0 Å². The molecule has 0 atom stereocenters. The van der Waals surface area contributed by atoms with Crippen molar-refractivity contribution in [2.75, 3.05) is 6.61 Å². The minimum Gasteiger partial charge on any atom is -0.465 e. The average molecular weight is 229 g/mol. The van der Waals surface area contributed by atoms with Crippen LogP contribution in [0.4, 0.5) is 0 Å². The van der Waals surface area contributed by atoms with Crippen LogP contribution in [0, 0.1) is 11.8 Å². The molecular formula is C12H11N3O2. The van der Waals surface area contributed by atoms with Crippen molar-refractivity contribution in [2.24, 2.45) is 0 Å². The molecule has 0 aromatic carbocycles. The second-order valence-corrected chi connectivity index (χ2v) is 3.32. The molecule has 5 heteroatoms. The van der Waals surface area contributed by atoms with Gasteiger partial charge >= 0.3 is 5.97 Å². The van der Waals surface area contributed by atoms with Gasteiger partial charge in [-0.2, -0.15) is 5.10 Å². The van der Waals surface area contributed by atoms with Crippen LogP contribution in [0.1, 0.15) is 18.9 Å². The number of aromatic amines is 1. The van der Waals surface area contributed by atoms with E-state index in [0.29, 0.717) is 6.61 Å². The lowest BCUT2D eigenvalue weighted by atomic mass is 10.2. The fraction of sp³-hybridized carbons (Fsp3) is 0.250. The summed E-state index contributed by atoms with van der Waals surface area (Å²) in [4.78, 5) is 15.2. The maximum atomic E-state index is 11.0. The summed E-state index contributed by atoms with van der Waals surface area (Å²) >= 11 is 0. The molecule has 5 nitrogen and oxygen atoms in total. The van der Waals surface area contributed by atoms with Crippen LogP contribution in [-0.2, 0) is 9.53 Å². The number of carbonyl (C=O) groups is 1. The van der Waals surface area contributed by atoms with Gasteiger partial charge in [0.15, 0.2) is 5.65 Å². The van der Waals surface area contributed by atoms with Gasteiger partial charge in [0.1, 0.15) is 6.42 Å². The van der Waals surface area contributed by atoms with E-state index in [1.54, 1.807) is 19.3 Å². The molecule has 0 saturated heterocycles. The lowest BCUT2D eigenvalue weighted by molar-refractivity contribution is -0.141. The Bertz CT molecular complexity index is 592. The molecule has 0 aliphatic carbocycles. The first-order chi connectivity index (χ1) is 8.29. The largest absolute Gasteiger partial charge is 0.465 e. The average Bonchev–Trinajstić information content (AvgIpc) is 2.76. The molecule has 0 aliphatic heterocycles. The van der Waals surface area contributed by atoms with Crippen LogP contribution < -0.4 is 0 Å². The summed E-state index contributed by atoms with van der Waals surface area (Å²) in [5.74, 6) is 5.30. The molecule has 0 unspecified atom stereocenters. The van der Waals surface area contributed by atoms with Crippen molar-refractivity contribution in [3.8, 4) is 11.8 Å². The van der Waals surface area contributed by atoms with Crippen LogP contribution in [0.3, 0.4) is 0 Å². The molecule has 2 aromatic heterocycles. The number of hydrogen-bond acceptors (Lipinski definition) is 4. The van der Waals surface area contributed by atoms with Crippen LogP contribution >= 0.6 is 0 Å². The predicted molar refractivity (Wildman–Crippen MR) is 62.0 cm³/mol. The Kier molecular flexibility index (Phi) is 3.36. The number of pyridine rings is 1. The summed E-state index contributed by atoms with van der Waals surface area (Å²) in [6, 6.07) is 1.87. The standard InChI is InChI=1S/C12H11N3O2/c1-2-17-11(16)5-3-4-9-6-10-8-14-15-12(10)13-7-9/h6-8H,2,5H2,1H3,(H,13,14,15). The third-order valence-electron chi connectivity index (χ3n) is 2.06. The molecule has 2 rings (SSSR count). The van der Waals surface area contributed by atoms with E-state index in [1.807, 2.05) is 6.07 Å². The number of nitrogens with zero attached hydrogens (tertiary/aromatic N) is 2. The second-order valence-electron chi connectivity index (χ2n) is 3.32. The molecule has 2 aromatic rings. The van der Waals surface area contributed by atoms with Crippen molar-refractivity contribution in [1.29, 1.82) is 0 Å². The van der Waals surface area contributed by atoms with Gasteiger partial charge in [0.25, 0.3) is 0 Å². The minimum absolute atomic E-state index is 0.0945. The fourth-order valence-corrected chi connectivity index (χ4v) is 1.34. The summed E-state index contributed by atoms with van der Waals surface area (Å²) in [5.41, 5.74) is 1.48. The molecule has 0 amide bonds. The first-order valence-corrected chi connectivity index (χ1v) is 5.23. The highest BCUT2D eigenvalue weighted by Crippen LogP contribution is 2.08. The molecule has 0 saturated carbocycles. The van der Waals surface area contributed by atoms with Gasteiger partial charge in [-0.15, -0.1) is 0 Å². The maximum absolute atomic E-state index is 11.0. The smallest absolute Gasteiger partial charge is 0.317 e. The van der Waals surface area contributed by atoms with Crippen molar-refractivity contribution >= 4 is 17.0 Å². The first kappa shape index (κ1) is 11.1. The zero-order valence-electron chi connectivity index (χ0n) is 9.36. The Labute approximate surface area is 98.2 Å². The molecule has 0 radical (unpaired) electrons. The van der Waals surface area contributed by atoms with E-state index in [2.05, 4.69) is 27.0 Å². The highest BCUT2D eigenvalue weighted by Gasteiger charge is 1.98. The Hall–Kier alpha value is -2.35. The van der Waals surface area contributed by atoms with E-state index in [9.17, 15) is 4.79 Å². The van der Waals surface area contributed by atoms with Gasteiger partial charge in [-0.3, -0.25) is 9.89 Å². The number of fused-ring (bicyclic) bond motifs is 1. The van der Waals surface area contributed by atoms with Crippen LogP contribution in [0.5, 0.6) is 0 Å². The zero-order valence-corrected chi connectivity index (χ0v) is 9.36. The summed E-state index contributed by atoms with van der Waals surface area (Å²) in [6.07, 6.45) is 3.41. The number of ether oxygens (including phenoxy) is 1. The molecule has 1 N–H and O–H groups in total. The monoisotopic (exact) mass is 229 g/mol. The van der Waals surface area contributed by atoms with E-state index in [1.165, 1.54) is 0 Å². The molecule has 17 heavy (non-hydrogen) atoms. The second kappa shape index (κ2) is 5.12. The summed E-state index contributed by atoms with van der Waals surface area (Å²) < 4.78 is 4.77. The van der Waals surface area contributed by atoms with Gasteiger partial charge in [-0.25, -0.2) is 4.98 Å². The number of nitrogens with one attached hydrogen (secondary N) is 1. The lowest BCUT2D eigenvalue weighted by Gasteiger charge is -1.94. The Morgan fingerprint density at radius 1 is 1.53 bits per heavy atom. The highest BCUT2D eigenvalue weighted by molar-refractivity contribution is 5.75. The third kappa shape index (κ3) is 2.82. The normalized spacial score (nSPS) is 9.71. The summed E-state index contributed by atoms with van der Waals surface area (Å²) in [7, 11) is 0. The van der Waals surface area contributed by atoms with E-state index < -0.39 is 0 Å². The maximum Gasteiger partial charge on any atom is 0.317 e.